The lowest BCUT2D eigenvalue weighted by Gasteiger charge is -1.98. The van der Waals surface area contributed by atoms with E-state index in [2.05, 4.69) is 10.3 Å². The van der Waals surface area contributed by atoms with E-state index in [1.54, 1.807) is 12.1 Å². The Kier molecular flexibility index (Phi) is 3.35. The number of nitrogens with one attached hydrogen (secondary N) is 1. The number of hydrogen-bond donors (Lipinski definition) is 1. The van der Waals surface area contributed by atoms with E-state index in [1.165, 1.54) is 0 Å². The zero-order chi connectivity index (χ0) is 13.9. The van der Waals surface area contributed by atoms with Crippen LogP contribution in [0.25, 0.3) is 6.08 Å². The Labute approximate surface area is 121 Å². The topological polar surface area (TPSA) is 41.5 Å². The molecule has 0 atom stereocenters. The first kappa shape index (κ1) is 12.6. The number of amidine groups is 1. The Morgan fingerprint density at radius 3 is 2.45 bits per heavy atom. The Bertz CT molecular complexity index is 720. The van der Waals surface area contributed by atoms with Crippen LogP contribution in [0.5, 0.6) is 0 Å². The second-order valence-corrected chi connectivity index (χ2v) is 4.74. The number of carbonyl (C=O) groups is 1. The van der Waals surface area contributed by atoms with Gasteiger partial charge in [0, 0.05) is 10.6 Å². The second-order valence-electron chi connectivity index (χ2n) is 4.33. The molecule has 4 heteroatoms. The highest BCUT2D eigenvalue weighted by molar-refractivity contribution is 6.32. The summed E-state index contributed by atoms with van der Waals surface area (Å²) in [6.07, 6.45) is 1.69. The number of aliphatic imine (C=N–C) groups is 1. The first-order valence-electron chi connectivity index (χ1n) is 6.16. The van der Waals surface area contributed by atoms with Gasteiger partial charge in [-0.3, -0.25) is 4.79 Å². The molecule has 0 radical (unpaired) electrons. The number of amides is 1. The minimum absolute atomic E-state index is 0.219. The summed E-state index contributed by atoms with van der Waals surface area (Å²) in [4.78, 5) is 16.3. The Morgan fingerprint density at radius 2 is 1.70 bits per heavy atom. The number of halogens is 1. The molecule has 1 aliphatic rings. The van der Waals surface area contributed by atoms with E-state index in [4.69, 9.17) is 11.6 Å². The molecule has 2 aromatic carbocycles. The fourth-order valence-electron chi connectivity index (χ4n) is 1.94. The smallest absolute Gasteiger partial charge is 0.275 e. The summed E-state index contributed by atoms with van der Waals surface area (Å²) in [5.74, 6) is 0.345. The van der Waals surface area contributed by atoms with E-state index in [1.807, 2.05) is 48.5 Å². The molecule has 0 bridgehead atoms. The van der Waals surface area contributed by atoms with Gasteiger partial charge in [-0.1, -0.05) is 60.1 Å². The highest BCUT2D eigenvalue weighted by Gasteiger charge is 2.20. The molecule has 2 aromatic rings. The van der Waals surface area contributed by atoms with E-state index < -0.39 is 0 Å². The van der Waals surface area contributed by atoms with Crippen molar-refractivity contribution >= 4 is 29.4 Å². The van der Waals surface area contributed by atoms with Crippen molar-refractivity contribution in [1.29, 1.82) is 0 Å². The van der Waals surface area contributed by atoms with Crippen LogP contribution in [0.1, 0.15) is 11.1 Å². The van der Waals surface area contributed by atoms with Crippen LogP contribution < -0.4 is 5.32 Å². The van der Waals surface area contributed by atoms with Gasteiger partial charge in [-0.15, -0.1) is 0 Å². The average Bonchev–Trinajstić information content (AvgIpc) is 2.84. The van der Waals surface area contributed by atoms with Gasteiger partial charge in [-0.25, -0.2) is 4.99 Å². The molecular weight excluding hydrogens is 272 g/mol. The predicted molar refractivity (Wildman–Crippen MR) is 80.6 cm³/mol. The van der Waals surface area contributed by atoms with E-state index >= 15 is 0 Å². The predicted octanol–water partition coefficient (Wildman–Crippen LogP) is 3.26. The minimum atomic E-state index is -0.219. The molecule has 0 aliphatic carbocycles. The van der Waals surface area contributed by atoms with Gasteiger partial charge in [-0.2, -0.15) is 0 Å². The summed E-state index contributed by atoms with van der Waals surface area (Å²) in [5.41, 5.74) is 2.01. The molecule has 1 amide bonds. The van der Waals surface area contributed by atoms with Crippen LogP contribution in [0.4, 0.5) is 0 Å². The van der Waals surface area contributed by atoms with Gasteiger partial charge in [0.15, 0.2) is 0 Å². The van der Waals surface area contributed by atoms with Crippen LogP contribution in [0.3, 0.4) is 0 Å². The molecule has 3 rings (SSSR count). The summed E-state index contributed by atoms with van der Waals surface area (Å²) in [6, 6.07) is 16.9. The van der Waals surface area contributed by atoms with Crippen molar-refractivity contribution in [2.45, 2.75) is 0 Å². The monoisotopic (exact) mass is 282 g/mol. The number of benzene rings is 2. The Morgan fingerprint density at radius 1 is 1.00 bits per heavy atom. The molecule has 0 saturated carbocycles. The minimum Gasteiger partial charge on any atom is -0.305 e. The molecule has 20 heavy (non-hydrogen) atoms. The van der Waals surface area contributed by atoms with E-state index in [9.17, 15) is 4.79 Å². The first-order valence-corrected chi connectivity index (χ1v) is 6.53. The number of nitrogens with zero attached hydrogens (tertiary/aromatic N) is 1. The molecule has 0 aromatic heterocycles. The van der Waals surface area contributed by atoms with Crippen LogP contribution in [-0.4, -0.2) is 11.7 Å². The van der Waals surface area contributed by atoms with Crippen molar-refractivity contribution in [2.75, 3.05) is 0 Å². The molecular formula is C16H11ClN2O. The fourth-order valence-corrected chi connectivity index (χ4v) is 2.13. The van der Waals surface area contributed by atoms with Crippen LogP contribution in [0, 0.1) is 0 Å². The number of carbonyl (C=O) groups excluding carboxylic acids is 1. The molecule has 0 saturated heterocycles. The zero-order valence-corrected chi connectivity index (χ0v) is 11.3. The summed E-state index contributed by atoms with van der Waals surface area (Å²) in [6.45, 7) is 0. The third-order valence-electron chi connectivity index (χ3n) is 2.94. The van der Waals surface area contributed by atoms with Crippen molar-refractivity contribution in [2.24, 2.45) is 4.99 Å². The van der Waals surface area contributed by atoms with Crippen LogP contribution >= 0.6 is 11.6 Å². The molecule has 1 aliphatic heterocycles. The van der Waals surface area contributed by atoms with Crippen molar-refractivity contribution in [1.82, 2.24) is 5.32 Å². The maximum Gasteiger partial charge on any atom is 0.275 e. The number of hydrogen-bond acceptors (Lipinski definition) is 2. The highest BCUT2D eigenvalue weighted by Crippen LogP contribution is 2.20. The molecule has 0 fully saturated rings. The average molecular weight is 283 g/mol. The lowest BCUT2D eigenvalue weighted by Crippen LogP contribution is -2.24. The van der Waals surface area contributed by atoms with Gasteiger partial charge >= 0.3 is 0 Å². The van der Waals surface area contributed by atoms with Gasteiger partial charge < -0.3 is 5.32 Å². The molecule has 0 unspecified atom stereocenters. The lowest BCUT2D eigenvalue weighted by atomic mass is 10.2. The number of rotatable bonds is 2. The van der Waals surface area contributed by atoms with Gasteiger partial charge in [0.2, 0.25) is 0 Å². The molecule has 1 heterocycles. The standard InChI is InChI=1S/C16H11ClN2O/c17-13-9-5-4-8-12(13)10-14-16(20)19-15(18-14)11-6-2-1-3-7-11/h1-10H,(H,18,19,20). The van der Waals surface area contributed by atoms with E-state index in [0.29, 0.717) is 16.6 Å². The van der Waals surface area contributed by atoms with Gasteiger partial charge in [-0.05, 0) is 17.7 Å². The Balaban J connectivity index is 1.97. The summed E-state index contributed by atoms with van der Waals surface area (Å²) >= 11 is 6.08. The zero-order valence-electron chi connectivity index (χ0n) is 10.5. The van der Waals surface area contributed by atoms with E-state index in [0.717, 1.165) is 11.1 Å². The normalized spacial score (nSPS) is 16.1. The quantitative estimate of drug-likeness (QED) is 0.844. The van der Waals surface area contributed by atoms with Crippen molar-refractivity contribution in [3.8, 4) is 0 Å². The van der Waals surface area contributed by atoms with Gasteiger partial charge in [0.05, 0.1) is 0 Å². The van der Waals surface area contributed by atoms with Crippen LogP contribution in [0.2, 0.25) is 5.02 Å². The largest absolute Gasteiger partial charge is 0.305 e. The van der Waals surface area contributed by atoms with Crippen LogP contribution in [-0.2, 0) is 4.79 Å². The third-order valence-corrected chi connectivity index (χ3v) is 3.29. The second kappa shape index (κ2) is 5.31. The summed E-state index contributed by atoms with van der Waals surface area (Å²) < 4.78 is 0. The van der Waals surface area contributed by atoms with Crippen LogP contribution in [0.15, 0.2) is 65.3 Å². The first-order chi connectivity index (χ1) is 9.74. The molecule has 3 nitrogen and oxygen atoms in total. The maximum atomic E-state index is 11.9. The third kappa shape index (κ3) is 2.49. The van der Waals surface area contributed by atoms with Gasteiger partial charge in [0.25, 0.3) is 5.91 Å². The highest BCUT2D eigenvalue weighted by atomic mass is 35.5. The molecule has 0 spiro atoms. The van der Waals surface area contributed by atoms with Crippen molar-refractivity contribution in [3.63, 3.8) is 0 Å². The summed E-state index contributed by atoms with van der Waals surface area (Å²) in [7, 11) is 0. The fraction of sp³-hybridized carbons (Fsp3) is 0. The van der Waals surface area contributed by atoms with E-state index in [-0.39, 0.29) is 5.91 Å². The summed E-state index contributed by atoms with van der Waals surface area (Å²) in [5, 5.41) is 3.35. The van der Waals surface area contributed by atoms with Crippen molar-refractivity contribution in [3.05, 3.63) is 76.4 Å². The maximum absolute atomic E-state index is 11.9. The Hall–Kier alpha value is -2.39. The molecule has 1 N–H and O–H groups in total. The lowest BCUT2D eigenvalue weighted by molar-refractivity contribution is -0.115. The van der Waals surface area contributed by atoms with Gasteiger partial charge in [0.1, 0.15) is 11.5 Å². The van der Waals surface area contributed by atoms with Crippen molar-refractivity contribution < 1.29 is 4.79 Å². The molecule has 98 valence electrons. The SMILES string of the molecule is O=C1NC(c2ccccc2)=NC1=Cc1ccccc1Cl.